The third kappa shape index (κ3) is 3.44. The van der Waals surface area contributed by atoms with Crippen LogP contribution in [0.2, 0.25) is 0 Å². The van der Waals surface area contributed by atoms with Crippen molar-refractivity contribution in [3.8, 4) is 11.6 Å². The van der Waals surface area contributed by atoms with Crippen LogP contribution >= 0.6 is 0 Å². The second-order valence-electron chi connectivity index (χ2n) is 6.02. The second kappa shape index (κ2) is 6.30. The third-order valence-electron chi connectivity index (χ3n) is 4.11. The molecule has 0 unspecified atom stereocenters. The van der Waals surface area contributed by atoms with Crippen LogP contribution in [0.5, 0.6) is 5.88 Å². The van der Waals surface area contributed by atoms with Gasteiger partial charge in [0.25, 0.3) is 0 Å². The SMILES string of the molecule is Cc1cccc(-n2nc(C(F)(F)F)cc2OC(=O)C2CCCC2)c1. The highest BCUT2D eigenvalue weighted by Gasteiger charge is 2.36. The van der Waals surface area contributed by atoms with E-state index in [1.54, 1.807) is 18.2 Å². The minimum absolute atomic E-state index is 0.204. The van der Waals surface area contributed by atoms with E-state index in [1.807, 2.05) is 13.0 Å². The van der Waals surface area contributed by atoms with E-state index in [2.05, 4.69) is 5.10 Å². The van der Waals surface area contributed by atoms with Crippen LogP contribution in [0.3, 0.4) is 0 Å². The zero-order valence-electron chi connectivity index (χ0n) is 13.1. The highest BCUT2D eigenvalue weighted by Crippen LogP contribution is 2.33. The molecule has 1 aliphatic rings. The first-order valence-electron chi connectivity index (χ1n) is 7.80. The second-order valence-corrected chi connectivity index (χ2v) is 6.02. The van der Waals surface area contributed by atoms with E-state index in [0.717, 1.165) is 29.2 Å². The quantitative estimate of drug-likeness (QED) is 0.784. The summed E-state index contributed by atoms with van der Waals surface area (Å²) in [5, 5.41) is 3.59. The van der Waals surface area contributed by atoms with Crippen molar-refractivity contribution in [2.45, 2.75) is 38.8 Å². The normalized spacial score (nSPS) is 15.7. The third-order valence-corrected chi connectivity index (χ3v) is 4.11. The van der Waals surface area contributed by atoms with Crippen LogP contribution in [0.4, 0.5) is 13.2 Å². The molecule has 0 spiro atoms. The van der Waals surface area contributed by atoms with Crippen LogP contribution in [0.25, 0.3) is 5.69 Å². The predicted molar refractivity (Wildman–Crippen MR) is 80.9 cm³/mol. The number of nitrogens with zero attached hydrogens (tertiary/aromatic N) is 2. The van der Waals surface area contributed by atoms with Crippen molar-refractivity contribution in [3.63, 3.8) is 0 Å². The summed E-state index contributed by atoms with van der Waals surface area (Å²) in [7, 11) is 0. The van der Waals surface area contributed by atoms with Gasteiger partial charge in [-0.15, -0.1) is 0 Å². The number of alkyl halides is 3. The molecule has 2 aromatic rings. The smallest absolute Gasteiger partial charge is 0.407 e. The van der Waals surface area contributed by atoms with E-state index in [0.29, 0.717) is 18.5 Å². The molecule has 0 aliphatic heterocycles. The number of carbonyl (C=O) groups is 1. The molecule has 128 valence electrons. The summed E-state index contributed by atoms with van der Waals surface area (Å²) < 4.78 is 45.3. The maximum atomic E-state index is 13.0. The van der Waals surface area contributed by atoms with E-state index in [-0.39, 0.29) is 11.8 Å². The molecule has 7 heteroatoms. The van der Waals surface area contributed by atoms with Gasteiger partial charge in [0.2, 0.25) is 5.88 Å². The van der Waals surface area contributed by atoms with Gasteiger partial charge in [0.05, 0.1) is 11.6 Å². The Bertz CT molecular complexity index is 747. The van der Waals surface area contributed by atoms with Gasteiger partial charge in [-0.3, -0.25) is 4.79 Å². The first-order chi connectivity index (χ1) is 11.3. The maximum absolute atomic E-state index is 13.0. The van der Waals surface area contributed by atoms with Crippen molar-refractivity contribution >= 4 is 5.97 Å². The van der Waals surface area contributed by atoms with Gasteiger partial charge in [0.1, 0.15) is 0 Å². The lowest BCUT2D eigenvalue weighted by Gasteiger charge is -2.11. The van der Waals surface area contributed by atoms with Crippen molar-refractivity contribution in [2.24, 2.45) is 5.92 Å². The Morgan fingerprint density at radius 1 is 1.25 bits per heavy atom. The van der Waals surface area contributed by atoms with Gasteiger partial charge in [0, 0.05) is 6.07 Å². The minimum atomic E-state index is -4.61. The van der Waals surface area contributed by atoms with Gasteiger partial charge in [-0.05, 0) is 37.5 Å². The molecule has 24 heavy (non-hydrogen) atoms. The van der Waals surface area contributed by atoms with Crippen LogP contribution in [0.15, 0.2) is 30.3 Å². The summed E-state index contributed by atoms with van der Waals surface area (Å²) in [6.45, 7) is 1.82. The number of hydrogen-bond donors (Lipinski definition) is 0. The molecule has 0 bridgehead atoms. The Kier molecular flexibility index (Phi) is 4.34. The zero-order chi connectivity index (χ0) is 17.3. The average Bonchev–Trinajstić information content (AvgIpc) is 3.16. The monoisotopic (exact) mass is 338 g/mol. The summed E-state index contributed by atoms with van der Waals surface area (Å²) in [6.07, 6.45) is -1.31. The van der Waals surface area contributed by atoms with Crippen molar-refractivity contribution < 1.29 is 22.7 Å². The Morgan fingerprint density at radius 2 is 1.96 bits per heavy atom. The molecule has 0 amide bonds. The van der Waals surface area contributed by atoms with Crippen molar-refractivity contribution in [1.82, 2.24) is 9.78 Å². The highest BCUT2D eigenvalue weighted by atomic mass is 19.4. The van der Waals surface area contributed by atoms with Gasteiger partial charge in [-0.2, -0.15) is 18.3 Å². The Hall–Kier alpha value is -2.31. The van der Waals surface area contributed by atoms with Crippen molar-refractivity contribution in [3.05, 3.63) is 41.6 Å². The summed E-state index contributed by atoms with van der Waals surface area (Å²) in [5.74, 6) is -0.944. The lowest BCUT2D eigenvalue weighted by molar-refractivity contribution is -0.142. The first-order valence-corrected chi connectivity index (χ1v) is 7.80. The van der Waals surface area contributed by atoms with E-state index >= 15 is 0 Å². The lowest BCUT2D eigenvalue weighted by atomic mass is 10.1. The molecule has 0 N–H and O–H groups in total. The fourth-order valence-corrected chi connectivity index (χ4v) is 2.87. The maximum Gasteiger partial charge on any atom is 0.435 e. The number of aryl methyl sites for hydroxylation is 1. The van der Waals surface area contributed by atoms with E-state index in [1.165, 1.54) is 0 Å². The molecule has 1 aliphatic carbocycles. The summed E-state index contributed by atoms with van der Waals surface area (Å²) in [5.41, 5.74) is 0.197. The summed E-state index contributed by atoms with van der Waals surface area (Å²) >= 11 is 0. The Morgan fingerprint density at radius 3 is 2.58 bits per heavy atom. The molecule has 1 heterocycles. The van der Waals surface area contributed by atoms with E-state index < -0.39 is 17.8 Å². The standard InChI is InChI=1S/C17H17F3N2O2/c1-11-5-4-8-13(9-11)22-15(10-14(21-22)17(18,19)20)24-16(23)12-6-2-3-7-12/h4-5,8-10,12H,2-3,6-7H2,1H3. The van der Waals surface area contributed by atoms with E-state index in [4.69, 9.17) is 4.74 Å². The first kappa shape index (κ1) is 16.5. The molecule has 0 radical (unpaired) electrons. The topological polar surface area (TPSA) is 44.1 Å². The fraction of sp³-hybridized carbons (Fsp3) is 0.412. The fourth-order valence-electron chi connectivity index (χ4n) is 2.87. The minimum Gasteiger partial charge on any atom is -0.407 e. The van der Waals surface area contributed by atoms with Gasteiger partial charge in [-0.25, -0.2) is 4.68 Å². The van der Waals surface area contributed by atoms with Crippen molar-refractivity contribution in [1.29, 1.82) is 0 Å². The predicted octanol–water partition coefficient (Wildman–Crippen LogP) is 4.30. The molecule has 4 nitrogen and oxygen atoms in total. The molecule has 1 saturated carbocycles. The molecule has 0 saturated heterocycles. The number of halogens is 3. The zero-order valence-corrected chi connectivity index (χ0v) is 13.1. The van der Waals surface area contributed by atoms with Crippen molar-refractivity contribution in [2.75, 3.05) is 0 Å². The average molecular weight is 338 g/mol. The number of rotatable bonds is 3. The molecule has 0 atom stereocenters. The Labute approximate surface area is 137 Å². The molecule has 1 fully saturated rings. The van der Waals surface area contributed by atoms with Gasteiger partial charge in [0.15, 0.2) is 5.69 Å². The number of esters is 1. The van der Waals surface area contributed by atoms with Crippen LogP contribution in [-0.4, -0.2) is 15.7 Å². The van der Waals surface area contributed by atoms with Crippen LogP contribution in [-0.2, 0) is 11.0 Å². The van der Waals surface area contributed by atoms with Crippen LogP contribution < -0.4 is 4.74 Å². The number of hydrogen-bond acceptors (Lipinski definition) is 3. The van der Waals surface area contributed by atoms with Gasteiger partial charge < -0.3 is 4.74 Å². The number of ether oxygens (including phenoxy) is 1. The summed E-state index contributed by atoms with van der Waals surface area (Å²) in [4.78, 5) is 12.2. The number of benzene rings is 1. The number of aromatic nitrogens is 2. The van der Waals surface area contributed by atoms with Crippen LogP contribution in [0.1, 0.15) is 36.9 Å². The van der Waals surface area contributed by atoms with E-state index in [9.17, 15) is 18.0 Å². The number of carbonyl (C=O) groups excluding carboxylic acids is 1. The van der Waals surface area contributed by atoms with Gasteiger partial charge in [-0.1, -0.05) is 25.0 Å². The Balaban J connectivity index is 1.96. The lowest BCUT2D eigenvalue weighted by Crippen LogP contribution is -2.19. The highest BCUT2D eigenvalue weighted by molar-refractivity contribution is 5.75. The molecular formula is C17H17F3N2O2. The molecule has 1 aromatic heterocycles. The summed E-state index contributed by atoms with van der Waals surface area (Å²) in [6, 6.07) is 7.60. The van der Waals surface area contributed by atoms with Crippen LogP contribution in [0, 0.1) is 12.8 Å². The molecule has 1 aromatic carbocycles. The molecule has 3 rings (SSSR count). The molecular weight excluding hydrogens is 321 g/mol. The van der Waals surface area contributed by atoms with Gasteiger partial charge >= 0.3 is 12.1 Å². The largest absolute Gasteiger partial charge is 0.435 e.